The third kappa shape index (κ3) is 4.41. The van der Waals surface area contributed by atoms with E-state index in [0.29, 0.717) is 10.8 Å². The first-order chi connectivity index (χ1) is 12.8. The van der Waals surface area contributed by atoms with Crippen LogP contribution >= 0.6 is 11.3 Å². The number of nitrogens with one attached hydrogen (secondary N) is 1. The number of benzene rings is 2. The van der Waals surface area contributed by atoms with Crippen LogP contribution in [0.1, 0.15) is 12.5 Å². The molecule has 1 amide bonds. The third-order valence-electron chi connectivity index (χ3n) is 3.86. The van der Waals surface area contributed by atoms with Gasteiger partial charge in [0.2, 0.25) is 5.91 Å². The highest BCUT2D eigenvalue weighted by atomic mass is 32.2. The normalized spacial score (nSPS) is 11.4. The number of thiazole rings is 1. The highest BCUT2D eigenvalue weighted by Crippen LogP contribution is 2.39. The minimum Gasteiger partial charge on any atom is -0.392 e. The zero-order valence-corrected chi connectivity index (χ0v) is 16.4. The van der Waals surface area contributed by atoms with Gasteiger partial charge in [0.05, 0.1) is 22.1 Å². The first-order valence-electron chi connectivity index (χ1n) is 8.07. The van der Waals surface area contributed by atoms with E-state index in [1.807, 2.05) is 24.3 Å². The van der Waals surface area contributed by atoms with Crippen LogP contribution in [0.15, 0.2) is 53.4 Å². The van der Waals surface area contributed by atoms with Gasteiger partial charge < -0.3 is 10.4 Å². The monoisotopic (exact) mass is 402 g/mol. The Morgan fingerprint density at radius 3 is 2.19 bits per heavy atom. The number of aliphatic hydroxyl groups is 1. The van der Waals surface area contributed by atoms with E-state index in [4.69, 9.17) is 0 Å². The number of aliphatic hydroxyl groups excluding tert-OH is 1. The van der Waals surface area contributed by atoms with Crippen LogP contribution in [0.4, 0.5) is 5.13 Å². The summed E-state index contributed by atoms with van der Waals surface area (Å²) in [5, 5.41) is 12.4. The first-order valence-corrected chi connectivity index (χ1v) is 10.8. The van der Waals surface area contributed by atoms with Gasteiger partial charge >= 0.3 is 0 Å². The van der Waals surface area contributed by atoms with Crippen LogP contribution in [0.25, 0.3) is 21.7 Å². The smallest absolute Gasteiger partial charge is 0.223 e. The van der Waals surface area contributed by atoms with Crippen molar-refractivity contribution >= 4 is 32.2 Å². The molecular weight excluding hydrogens is 384 g/mol. The van der Waals surface area contributed by atoms with Gasteiger partial charge in [-0.3, -0.25) is 4.79 Å². The summed E-state index contributed by atoms with van der Waals surface area (Å²) >= 11 is 1.32. The van der Waals surface area contributed by atoms with Crippen LogP contribution in [0.5, 0.6) is 0 Å². The van der Waals surface area contributed by atoms with Gasteiger partial charge in [0.1, 0.15) is 0 Å². The standard InChI is InChI=1S/C19H18N2O4S2/c1-12(23)20-19-21-17(14-5-3-13(11-22)4-6-14)18(26-19)15-7-9-16(10-8-15)27(2,24)25/h3-10,22H,11H2,1-2H3,(H,20,21,23). The van der Waals surface area contributed by atoms with Crippen molar-refractivity contribution in [2.24, 2.45) is 0 Å². The number of rotatable bonds is 5. The molecule has 0 radical (unpaired) electrons. The summed E-state index contributed by atoms with van der Waals surface area (Å²) in [6.07, 6.45) is 1.16. The summed E-state index contributed by atoms with van der Waals surface area (Å²) in [5.41, 5.74) is 3.11. The van der Waals surface area contributed by atoms with Crippen LogP contribution in [0.3, 0.4) is 0 Å². The molecule has 0 spiro atoms. The predicted octanol–water partition coefficient (Wildman–Crippen LogP) is 3.33. The lowest BCUT2D eigenvalue weighted by molar-refractivity contribution is -0.114. The number of aromatic nitrogens is 1. The minimum absolute atomic E-state index is 0.0473. The molecule has 3 aromatic rings. The second-order valence-electron chi connectivity index (χ2n) is 6.03. The second kappa shape index (κ2) is 7.59. The maximum absolute atomic E-state index is 11.7. The Bertz CT molecular complexity index is 1070. The lowest BCUT2D eigenvalue weighted by atomic mass is 10.1. The van der Waals surface area contributed by atoms with Crippen LogP contribution in [0, 0.1) is 0 Å². The van der Waals surface area contributed by atoms with Gasteiger partial charge in [-0.1, -0.05) is 47.7 Å². The Morgan fingerprint density at radius 2 is 1.67 bits per heavy atom. The number of anilines is 1. The Labute approximate surface area is 161 Å². The minimum atomic E-state index is -3.28. The van der Waals surface area contributed by atoms with E-state index in [2.05, 4.69) is 10.3 Å². The Hall–Kier alpha value is -2.55. The van der Waals surface area contributed by atoms with E-state index in [0.717, 1.165) is 27.8 Å². The van der Waals surface area contributed by atoms with Crippen molar-refractivity contribution in [3.05, 3.63) is 54.1 Å². The molecule has 0 saturated carbocycles. The van der Waals surface area contributed by atoms with Crippen LogP contribution in [0.2, 0.25) is 0 Å². The summed E-state index contributed by atoms with van der Waals surface area (Å²) in [6, 6.07) is 13.9. The molecule has 3 rings (SSSR count). The molecule has 0 fully saturated rings. The molecule has 0 bridgehead atoms. The number of amides is 1. The van der Waals surface area contributed by atoms with E-state index in [1.54, 1.807) is 24.3 Å². The fourth-order valence-electron chi connectivity index (χ4n) is 2.54. The molecule has 0 saturated heterocycles. The lowest BCUT2D eigenvalue weighted by Crippen LogP contribution is -2.04. The Morgan fingerprint density at radius 1 is 1.07 bits per heavy atom. The average molecular weight is 402 g/mol. The molecule has 0 atom stereocenters. The zero-order chi connectivity index (χ0) is 19.6. The summed E-state index contributed by atoms with van der Waals surface area (Å²) in [6.45, 7) is 1.37. The molecule has 1 heterocycles. The van der Waals surface area contributed by atoms with Gasteiger partial charge in [-0.15, -0.1) is 0 Å². The number of carbonyl (C=O) groups is 1. The molecule has 140 valence electrons. The Kier molecular flexibility index (Phi) is 5.41. The number of sulfone groups is 1. The third-order valence-corrected chi connectivity index (χ3v) is 6.01. The SMILES string of the molecule is CC(=O)Nc1nc(-c2ccc(CO)cc2)c(-c2ccc(S(C)(=O)=O)cc2)s1. The molecule has 2 aromatic carbocycles. The molecule has 0 aliphatic heterocycles. The summed E-state index contributed by atoms with van der Waals surface area (Å²) in [5.74, 6) is -0.218. The van der Waals surface area contributed by atoms with Crippen molar-refractivity contribution in [1.82, 2.24) is 4.98 Å². The molecule has 1 aromatic heterocycles. The molecule has 8 heteroatoms. The van der Waals surface area contributed by atoms with Gasteiger partial charge in [0.25, 0.3) is 0 Å². The molecular formula is C19H18N2O4S2. The maximum Gasteiger partial charge on any atom is 0.223 e. The van der Waals surface area contributed by atoms with E-state index in [1.165, 1.54) is 18.3 Å². The van der Waals surface area contributed by atoms with E-state index in [-0.39, 0.29) is 17.4 Å². The molecule has 0 aliphatic carbocycles. The van der Waals surface area contributed by atoms with Crippen molar-refractivity contribution in [2.75, 3.05) is 11.6 Å². The molecule has 0 unspecified atom stereocenters. The number of carbonyl (C=O) groups excluding carboxylic acids is 1. The zero-order valence-electron chi connectivity index (χ0n) is 14.8. The van der Waals surface area contributed by atoms with Crippen molar-refractivity contribution in [2.45, 2.75) is 18.4 Å². The summed E-state index contributed by atoms with van der Waals surface area (Å²) in [4.78, 5) is 17.0. The summed E-state index contributed by atoms with van der Waals surface area (Å²) in [7, 11) is -3.28. The number of hydrogen-bond donors (Lipinski definition) is 2. The van der Waals surface area contributed by atoms with E-state index < -0.39 is 9.84 Å². The van der Waals surface area contributed by atoms with Crippen molar-refractivity contribution in [1.29, 1.82) is 0 Å². The average Bonchev–Trinajstić information content (AvgIpc) is 3.04. The lowest BCUT2D eigenvalue weighted by Gasteiger charge is -2.05. The highest BCUT2D eigenvalue weighted by molar-refractivity contribution is 7.90. The largest absolute Gasteiger partial charge is 0.392 e. The van der Waals surface area contributed by atoms with Gasteiger partial charge in [0, 0.05) is 18.7 Å². The van der Waals surface area contributed by atoms with Crippen LogP contribution in [-0.4, -0.2) is 30.7 Å². The summed E-state index contributed by atoms with van der Waals surface area (Å²) < 4.78 is 23.4. The first kappa shape index (κ1) is 19.2. The van der Waals surface area contributed by atoms with Gasteiger partial charge in [-0.05, 0) is 23.3 Å². The molecule has 2 N–H and O–H groups in total. The van der Waals surface area contributed by atoms with Gasteiger partial charge in [-0.2, -0.15) is 0 Å². The molecule has 6 nitrogen and oxygen atoms in total. The number of nitrogens with zero attached hydrogens (tertiary/aromatic N) is 1. The van der Waals surface area contributed by atoms with Crippen molar-refractivity contribution in [3.63, 3.8) is 0 Å². The van der Waals surface area contributed by atoms with E-state index >= 15 is 0 Å². The quantitative estimate of drug-likeness (QED) is 0.682. The highest BCUT2D eigenvalue weighted by Gasteiger charge is 2.17. The van der Waals surface area contributed by atoms with Gasteiger partial charge in [-0.25, -0.2) is 13.4 Å². The van der Waals surface area contributed by atoms with Crippen molar-refractivity contribution in [3.8, 4) is 21.7 Å². The van der Waals surface area contributed by atoms with Crippen LogP contribution in [-0.2, 0) is 21.2 Å². The van der Waals surface area contributed by atoms with Crippen LogP contribution < -0.4 is 5.32 Å². The second-order valence-corrected chi connectivity index (χ2v) is 9.04. The molecule has 27 heavy (non-hydrogen) atoms. The fraction of sp³-hybridized carbons (Fsp3) is 0.158. The van der Waals surface area contributed by atoms with Crippen molar-refractivity contribution < 1.29 is 18.3 Å². The predicted molar refractivity (Wildman–Crippen MR) is 106 cm³/mol. The number of hydrogen-bond acceptors (Lipinski definition) is 6. The van der Waals surface area contributed by atoms with E-state index in [9.17, 15) is 18.3 Å². The fourth-order valence-corrected chi connectivity index (χ4v) is 4.21. The Balaban J connectivity index is 2.09. The maximum atomic E-state index is 11.7. The molecule has 0 aliphatic rings. The topological polar surface area (TPSA) is 96.4 Å². The van der Waals surface area contributed by atoms with Gasteiger partial charge in [0.15, 0.2) is 15.0 Å².